The Kier molecular flexibility index (Phi) is 13.2. The van der Waals surface area contributed by atoms with Gasteiger partial charge in [-0.1, -0.05) is 39.0 Å². The van der Waals surface area contributed by atoms with E-state index in [9.17, 15) is 33.0 Å². The maximum Gasteiger partial charge on any atom is 0.397 e. The largest absolute Gasteiger partial charge is 0.479 e. The van der Waals surface area contributed by atoms with Gasteiger partial charge in [0.05, 0.1) is 6.61 Å². The minimum Gasteiger partial charge on any atom is -0.479 e. The molecule has 1 aliphatic heterocycles. The number of amides is 2. The van der Waals surface area contributed by atoms with Gasteiger partial charge in [0.1, 0.15) is 12.2 Å². The first-order chi connectivity index (χ1) is 18.4. The molecule has 5 atom stereocenters. The molecule has 2 rings (SSSR count). The number of nitrogens with one attached hydrogen (secondary N) is 2. The number of aliphatic carboxylic acids is 1. The molecule has 1 aliphatic rings. The molecule has 0 saturated carbocycles. The molecule has 1 saturated heterocycles. The van der Waals surface area contributed by atoms with Crippen LogP contribution in [-0.2, 0) is 33.6 Å². The third-order valence-corrected chi connectivity index (χ3v) is 6.35. The van der Waals surface area contributed by atoms with Gasteiger partial charge in [0, 0.05) is 24.2 Å². The highest BCUT2D eigenvalue weighted by molar-refractivity contribution is 7.80. The van der Waals surface area contributed by atoms with Gasteiger partial charge in [0.25, 0.3) is 5.91 Å². The van der Waals surface area contributed by atoms with Crippen molar-refractivity contribution in [2.45, 2.75) is 82.6 Å². The minimum absolute atomic E-state index is 0.108. The van der Waals surface area contributed by atoms with Crippen molar-refractivity contribution in [2.75, 3.05) is 18.5 Å². The van der Waals surface area contributed by atoms with E-state index < -0.39 is 53.0 Å². The van der Waals surface area contributed by atoms with Crippen molar-refractivity contribution in [3.8, 4) is 0 Å². The molecule has 0 radical (unpaired) electrons. The van der Waals surface area contributed by atoms with E-state index in [1.165, 1.54) is 31.4 Å². The molecule has 39 heavy (non-hydrogen) atoms. The number of carbonyl (C=O) groups excluding carboxylic acids is 2. The Balaban J connectivity index is 1.81. The van der Waals surface area contributed by atoms with Gasteiger partial charge in [-0.05, 0) is 30.7 Å². The Labute approximate surface area is 226 Å². The Morgan fingerprint density at radius 3 is 2.26 bits per heavy atom. The van der Waals surface area contributed by atoms with Crippen LogP contribution in [0.2, 0.25) is 0 Å². The summed E-state index contributed by atoms with van der Waals surface area (Å²) in [6.45, 7) is 1.65. The van der Waals surface area contributed by atoms with Gasteiger partial charge < -0.3 is 35.4 Å². The molecule has 0 spiro atoms. The van der Waals surface area contributed by atoms with Crippen molar-refractivity contribution >= 4 is 33.9 Å². The van der Waals surface area contributed by atoms with Crippen molar-refractivity contribution in [3.05, 3.63) is 29.8 Å². The number of hydrogen-bond acceptors (Lipinski definition) is 10. The van der Waals surface area contributed by atoms with E-state index in [0.29, 0.717) is 12.1 Å². The molecule has 14 nitrogen and oxygen atoms in total. The number of rotatable bonds is 16. The highest BCUT2D eigenvalue weighted by atomic mass is 32.3. The Morgan fingerprint density at radius 1 is 1.00 bits per heavy atom. The Hall–Kier alpha value is -2.66. The zero-order chi connectivity index (χ0) is 29.0. The average molecular weight is 577 g/mol. The number of hydrogen-bond donors (Lipinski definition) is 6. The van der Waals surface area contributed by atoms with Crippen molar-refractivity contribution in [1.82, 2.24) is 5.32 Å². The van der Waals surface area contributed by atoms with Crippen LogP contribution in [0.1, 0.15) is 62.2 Å². The van der Waals surface area contributed by atoms with Crippen molar-refractivity contribution in [2.24, 2.45) is 0 Å². The quantitative estimate of drug-likeness (QED) is 0.119. The maximum absolute atomic E-state index is 12.4. The van der Waals surface area contributed by atoms with E-state index >= 15 is 0 Å². The summed E-state index contributed by atoms with van der Waals surface area (Å²) in [6, 6.07) is 6.17. The summed E-state index contributed by atoms with van der Waals surface area (Å²) >= 11 is 0. The monoisotopic (exact) mass is 576 g/mol. The van der Waals surface area contributed by atoms with Crippen molar-refractivity contribution < 1.29 is 56.3 Å². The summed E-state index contributed by atoms with van der Waals surface area (Å²) in [7, 11) is -5.13. The first-order valence-corrected chi connectivity index (χ1v) is 14.0. The summed E-state index contributed by atoms with van der Waals surface area (Å²) in [5, 5.41) is 34.4. The lowest BCUT2D eigenvalue weighted by molar-refractivity contribution is -0.288. The van der Waals surface area contributed by atoms with Crippen LogP contribution >= 0.6 is 0 Å². The molecule has 15 heteroatoms. The predicted octanol–water partition coefficient (Wildman–Crippen LogP) is 0.841. The molecular weight excluding hydrogens is 540 g/mol. The zero-order valence-electron chi connectivity index (χ0n) is 21.5. The predicted molar refractivity (Wildman–Crippen MR) is 136 cm³/mol. The molecule has 0 bridgehead atoms. The van der Waals surface area contributed by atoms with E-state index in [2.05, 4.69) is 21.7 Å². The number of carboxylic acid groups (broad SMARTS) is 1. The fourth-order valence-electron chi connectivity index (χ4n) is 3.85. The summed E-state index contributed by atoms with van der Waals surface area (Å²) in [4.78, 5) is 35.7. The summed E-state index contributed by atoms with van der Waals surface area (Å²) in [5.74, 6) is -2.27. The molecule has 1 heterocycles. The van der Waals surface area contributed by atoms with E-state index in [1.807, 2.05) is 0 Å². The number of benzene rings is 1. The second kappa shape index (κ2) is 15.8. The number of aliphatic hydroxyl groups is 2. The van der Waals surface area contributed by atoms with E-state index in [4.69, 9.17) is 19.1 Å². The van der Waals surface area contributed by atoms with Crippen LogP contribution in [0.3, 0.4) is 0 Å². The van der Waals surface area contributed by atoms with E-state index in [0.717, 1.165) is 19.3 Å². The first kappa shape index (κ1) is 32.6. The lowest BCUT2D eigenvalue weighted by atomic mass is 9.99. The fourth-order valence-corrected chi connectivity index (χ4v) is 4.34. The molecule has 0 aromatic heterocycles. The lowest BCUT2D eigenvalue weighted by Crippen LogP contribution is -2.61. The summed E-state index contributed by atoms with van der Waals surface area (Å²) in [5.41, 5.74) is 0.814. The van der Waals surface area contributed by atoms with Crippen LogP contribution in [0.25, 0.3) is 0 Å². The molecular formula is C24H36N2O12S. The van der Waals surface area contributed by atoms with Gasteiger partial charge in [-0.2, -0.15) is 8.42 Å². The van der Waals surface area contributed by atoms with Gasteiger partial charge in [-0.3, -0.25) is 14.1 Å². The average Bonchev–Trinajstić information content (AvgIpc) is 2.87. The van der Waals surface area contributed by atoms with Crippen molar-refractivity contribution in [3.63, 3.8) is 0 Å². The zero-order valence-corrected chi connectivity index (χ0v) is 22.3. The van der Waals surface area contributed by atoms with Crippen LogP contribution in [0.15, 0.2) is 24.3 Å². The van der Waals surface area contributed by atoms with E-state index in [-0.39, 0.29) is 24.6 Å². The van der Waals surface area contributed by atoms with Crippen LogP contribution in [-0.4, -0.2) is 89.9 Å². The smallest absolute Gasteiger partial charge is 0.397 e. The van der Waals surface area contributed by atoms with E-state index in [1.54, 1.807) is 12.1 Å². The molecule has 1 aromatic rings. The molecule has 0 aliphatic carbocycles. The van der Waals surface area contributed by atoms with Gasteiger partial charge in [-0.25, -0.2) is 8.98 Å². The number of carbonyl (C=O) groups is 3. The van der Waals surface area contributed by atoms with Gasteiger partial charge in [0.2, 0.25) is 5.91 Å². The van der Waals surface area contributed by atoms with Crippen molar-refractivity contribution in [1.29, 1.82) is 0 Å². The molecule has 1 fully saturated rings. The van der Waals surface area contributed by atoms with Gasteiger partial charge in [0.15, 0.2) is 18.5 Å². The molecule has 220 valence electrons. The highest BCUT2D eigenvalue weighted by Crippen LogP contribution is 2.26. The minimum atomic E-state index is -5.13. The fraction of sp³-hybridized carbons (Fsp3) is 0.625. The van der Waals surface area contributed by atoms with Crippen LogP contribution in [0.5, 0.6) is 0 Å². The second-order valence-corrected chi connectivity index (χ2v) is 10.1. The number of ether oxygens (including phenoxy) is 2. The first-order valence-electron chi connectivity index (χ1n) is 12.6. The van der Waals surface area contributed by atoms with Gasteiger partial charge in [-0.15, -0.1) is 0 Å². The maximum atomic E-state index is 12.4. The molecule has 1 aromatic carbocycles. The third kappa shape index (κ3) is 11.2. The SMILES string of the molecule is CCCCCCCCC(=O)Nc1ccc(C(=O)NCCO[C@@H]2O[C@@H](C(=O)O)[C@@H](O)[C@H](O)[C@H]2OS(=O)(=O)O)cc1. The Morgan fingerprint density at radius 2 is 1.64 bits per heavy atom. The number of anilines is 1. The normalized spacial score (nSPS) is 23.2. The lowest BCUT2D eigenvalue weighted by Gasteiger charge is -2.39. The molecule has 6 N–H and O–H groups in total. The molecule has 0 unspecified atom stereocenters. The summed E-state index contributed by atoms with van der Waals surface area (Å²) in [6.07, 6.45) is -3.06. The van der Waals surface area contributed by atoms with Crippen LogP contribution in [0, 0.1) is 0 Å². The number of carboxylic acids is 1. The highest BCUT2D eigenvalue weighted by Gasteiger charge is 2.50. The topological polar surface area (TPSA) is 218 Å². The Bertz CT molecular complexity index is 1050. The van der Waals surface area contributed by atoms with Crippen LogP contribution in [0.4, 0.5) is 5.69 Å². The molecule has 2 amide bonds. The second-order valence-electron chi connectivity index (χ2n) is 9.00. The van der Waals surface area contributed by atoms with Crippen LogP contribution < -0.4 is 10.6 Å². The number of unbranched alkanes of at least 4 members (excludes halogenated alkanes) is 5. The van der Waals surface area contributed by atoms with Gasteiger partial charge >= 0.3 is 16.4 Å². The summed E-state index contributed by atoms with van der Waals surface area (Å²) < 4.78 is 45.6. The standard InChI is InChI=1S/C24H36N2O12S/c1-2-3-4-5-6-7-8-17(27)26-16-11-9-15(10-12-16)22(30)25-13-14-36-24-21(38-39(33,34)35)19(29)18(28)20(37-24)23(31)32/h9-12,18-21,24,28-29H,2-8,13-14H2,1H3,(H,25,30)(H,26,27)(H,31,32)(H,33,34,35)/t18-,19-,20+,21+,24+/m0/s1. The third-order valence-electron chi connectivity index (χ3n) is 5.88. The number of aliphatic hydroxyl groups excluding tert-OH is 2.